The molecule has 2 aromatic rings. The van der Waals surface area contributed by atoms with Gasteiger partial charge in [-0.05, 0) is 37.1 Å². The minimum atomic E-state index is -1.26. The van der Waals surface area contributed by atoms with Crippen molar-refractivity contribution in [3.05, 3.63) is 66.4 Å². The zero-order chi connectivity index (χ0) is 21.6. The van der Waals surface area contributed by atoms with Crippen LogP contribution < -0.4 is 14.8 Å². The second kappa shape index (κ2) is 12.9. The summed E-state index contributed by atoms with van der Waals surface area (Å²) < 4.78 is 11.7. The van der Waals surface area contributed by atoms with Gasteiger partial charge in [0.2, 0.25) is 0 Å². The Bertz CT molecular complexity index is 803. The number of benzene rings is 1. The lowest BCUT2D eigenvalue weighted by Gasteiger charge is -2.23. The Kier molecular flexibility index (Phi) is 9.88. The van der Waals surface area contributed by atoms with E-state index in [2.05, 4.69) is 10.3 Å². The summed E-state index contributed by atoms with van der Waals surface area (Å²) >= 11 is 0. The van der Waals surface area contributed by atoms with Gasteiger partial charge in [-0.3, -0.25) is 0 Å². The molecule has 1 aromatic carbocycles. The summed E-state index contributed by atoms with van der Waals surface area (Å²) in [5, 5.41) is 19.0. The van der Waals surface area contributed by atoms with E-state index in [4.69, 9.17) is 19.7 Å². The highest BCUT2D eigenvalue weighted by atomic mass is 16.5. The molecule has 8 nitrogen and oxygen atoms in total. The molecule has 1 aliphatic heterocycles. The van der Waals surface area contributed by atoms with Gasteiger partial charge in [0.25, 0.3) is 5.88 Å². The average molecular weight is 414 g/mol. The van der Waals surface area contributed by atoms with Gasteiger partial charge in [-0.2, -0.15) is 0 Å². The molecule has 1 atom stereocenters. The van der Waals surface area contributed by atoms with Crippen LogP contribution in [-0.4, -0.2) is 46.8 Å². The van der Waals surface area contributed by atoms with Gasteiger partial charge < -0.3 is 25.0 Å². The number of hydrogen-bond acceptors (Lipinski definition) is 6. The van der Waals surface area contributed by atoms with Gasteiger partial charge in [-0.1, -0.05) is 30.3 Å². The molecule has 3 rings (SSSR count). The SMILES string of the molecule is O=C(O)/C=C/C(=O)O.c1ccc(COc2ncccc2OC[C@H]2CCCNC2)cc1. The maximum Gasteiger partial charge on any atom is 0.328 e. The van der Waals surface area contributed by atoms with Crippen molar-refractivity contribution in [2.75, 3.05) is 19.7 Å². The van der Waals surface area contributed by atoms with Gasteiger partial charge >= 0.3 is 11.9 Å². The van der Waals surface area contributed by atoms with Crippen molar-refractivity contribution in [1.82, 2.24) is 10.3 Å². The molecule has 3 N–H and O–H groups in total. The number of nitrogens with one attached hydrogen (secondary N) is 1. The molecule has 0 bridgehead atoms. The van der Waals surface area contributed by atoms with Crippen LogP contribution in [0.3, 0.4) is 0 Å². The number of aromatic nitrogens is 1. The summed E-state index contributed by atoms with van der Waals surface area (Å²) in [6.07, 6.45) is 5.28. The molecule has 0 unspecified atom stereocenters. The van der Waals surface area contributed by atoms with Crippen molar-refractivity contribution in [2.24, 2.45) is 5.92 Å². The predicted molar refractivity (Wildman–Crippen MR) is 111 cm³/mol. The van der Waals surface area contributed by atoms with Crippen LogP contribution in [0.15, 0.2) is 60.8 Å². The highest BCUT2D eigenvalue weighted by molar-refractivity contribution is 5.89. The first kappa shape index (κ1) is 22.9. The van der Waals surface area contributed by atoms with Gasteiger partial charge in [0, 0.05) is 30.8 Å². The fourth-order valence-corrected chi connectivity index (χ4v) is 2.74. The fourth-order valence-electron chi connectivity index (χ4n) is 2.74. The number of pyridine rings is 1. The summed E-state index contributed by atoms with van der Waals surface area (Å²) in [7, 11) is 0. The first-order valence-electron chi connectivity index (χ1n) is 9.63. The Balaban J connectivity index is 0.000000343. The lowest BCUT2D eigenvalue weighted by Crippen LogP contribution is -2.33. The van der Waals surface area contributed by atoms with Crippen molar-refractivity contribution in [3.8, 4) is 11.6 Å². The van der Waals surface area contributed by atoms with Crippen molar-refractivity contribution in [1.29, 1.82) is 0 Å². The molecule has 1 aromatic heterocycles. The molecular weight excluding hydrogens is 388 g/mol. The molecule has 2 heterocycles. The third kappa shape index (κ3) is 9.20. The Morgan fingerprint density at radius 2 is 1.80 bits per heavy atom. The highest BCUT2D eigenvalue weighted by Crippen LogP contribution is 2.25. The van der Waals surface area contributed by atoms with Crippen molar-refractivity contribution >= 4 is 11.9 Å². The van der Waals surface area contributed by atoms with E-state index in [1.165, 1.54) is 12.8 Å². The van der Waals surface area contributed by atoms with Crippen LogP contribution in [0.1, 0.15) is 18.4 Å². The summed E-state index contributed by atoms with van der Waals surface area (Å²) in [6.45, 7) is 3.36. The zero-order valence-electron chi connectivity index (χ0n) is 16.6. The molecular formula is C22H26N2O6. The molecule has 0 radical (unpaired) electrons. The number of nitrogens with zero attached hydrogens (tertiary/aromatic N) is 1. The summed E-state index contributed by atoms with van der Waals surface area (Å²) in [4.78, 5) is 23.4. The van der Waals surface area contributed by atoms with Gasteiger partial charge in [-0.15, -0.1) is 0 Å². The summed E-state index contributed by atoms with van der Waals surface area (Å²) in [5.41, 5.74) is 1.12. The number of hydrogen-bond donors (Lipinski definition) is 3. The number of ether oxygens (including phenoxy) is 2. The Morgan fingerprint density at radius 1 is 1.07 bits per heavy atom. The van der Waals surface area contributed by atoms with Crippen LogP contribution in [0.4, 0.5) is 0 Å². The van der Waals surface area contributed by atoms with Crippen LogP contribution in [0, 0.1) is 5.92 Å². The van der Waals surface area contributed by atoms with Crippen molar-refractivity contribution in [2.45, 2.75) is 19.4 Å². The van der Waals surface area contributed by atoms with E-state index in [1.807, 2.05) is 42.5 Å². The molecule has 160 valence electrons. The standard InChI is InChI=1S/C18H22N2O2.C4H4O4/c1-2-6-15(7-3-1)13-22-18-17(9-5-11-20-18)21-14-16-8-4-10-19-12-16;5-3(6)1-2-4(7)8/h1-3,5-7,9,11,16,19H,4,8,10,12-14H2;1-2H,(H,5,6)(H,7,8)/b;2-1+/t16-;/m0./s1. The van der Waals surface area contributed by atoms with E-state index in [9.17, 15) is 9.59 Å². The number of carbonyl (C=O) groups is 2. The third-order valence-electron chi connectivity index (χ3n) is 4.20. The van der Waals surface area contributed by atoms with Gasteiger partial charge in [0.1, 0.15) is 6.61 Å². The lowest BCUT2D eigenvalue weighted by atomic mass is 10.0. The topological polar surface area (TPSA) is 118 Å². The van der Waals surface area contributed by atoms with Crippen LogP contribution in [0.5, 0.6) is 11.6 Å². The van der Waals surface area contributed by atoms with E-state index in [-0.39, 0.29) is 0 Å². The zero-order valence-corrected chi connectivity index (χ0v) is 16.6. The monoisotopic (exact) mass is 414 g/mol. The number of carboxylic acids is 2. The van der Waals surface area contributed by atoms with E-state index in [0.29, 0.717) is 37.2 Å². The van der Waals surface area contributed by atoms with Crippen LogP contribution in [-0.2, 0) is 16.2 Å². The molecule has 30 heavy (non-hydrogen) atoms. The largest absolute Gasteiger partial charge is 0.488 e. The second-order valence-corrected chi connectivity index (χ2v) is 6.61. The van der Waals surface area contributed by atoms with Gasteiger partial charge in [-0.25, -0.2) is 14.6 Å². The van der Waals surface area contributed by atoms with Gasteiger partial charge in [0.15, 0.2) is 5.75 Å². The highest BCUT2D eigenvalue weighted by Gasteiger charge is 2.15. The maximum absolute atomic E-state index is 9.55. The van der Waals surface area contributed by atoms with E-state index in [0.717, 1.165) is 24.4 Å². The first-order valence-corrected chi connectivity index (χ1v) is 9.63. The lowest BCUT2D eigenvalue weighted by molar-refractivity contribution is -0.134. The molecule has 0 amide bonds. The maximum atomic E-state index is 9.55. The van der Waals surface area contributed by atoms with Crippen LogP contribution >= 0.6 is 0 Å². The Hall–Kier alpha value is -3.39. The molecule has 0 aliphatic carbocycles. The summed E-state index contributed by atoms with van der Waals surface area (Å²) in [5.74, 6) is -0.658. The number of rotatable bonds is 8. The molecule has 1 aliphatic rings. The van der Waals surface area contributed by atoms with E-state index in [1.54, 1.807) is 6.20 Å². The van der Waals surface area contributed by atoms with E-state index >= 15 is 0 Å². The average Bonchev–Trinajstić information content (AvgIpc) is 2.77. The van der Waals surface area contributed by atoms with Crippen LogP contribution in [0.25, 0.3) is 0 Å². The number of carboxylic acid groups (broad SMARTS) is 2. The Labute approximate surface area is 175 Å². The smallest absolute Gasteiger partial charge is 0.328 e. The first-order chi connectivity index (χ1) is 14.5. The van der Waals surface area contributed by atoms with E-state index < -0.39 is 11.9 Å². The molecule has 0 saturated carbocycles. The summed E-state index contributed by atoms with van der Waals surface area (Å²) in [6, 6.07) is 13.9. The molecule has 1 saturated heterocycles. The van der Waals surface area contributed by atoms with Crippen LogP contribution in [0.2, 0.25) is 0 Å². The molecule has 8 heteroatoms. The quantitative estimate of drug-likeness (QED) is 0.565. The fraction of sp³-hybridized carbons (Fsp3) is 0.318. The molecule has 0 spiro atoms. The number of aliphatic carboxylic acids is 2. The second-order valence-electron chi connectivity index (χ2n) is 6.61. The Morgan fingerprint density at radius 3 is 2.43 bits per heavy atom. The predicted octanol–water partition coefficient (Wildman–Crippen LogP) is 2.75. The van der Waals surface area contributed by atoms with Crippen molar-refractivity contribution in [3.63, 3.8) is 0 Å². The molecule has 1 fully saturated rings. The van der Waals surface area contributed by atoms with Gasteiger partial charge in [0.05, 0.1) is 6.61 Å². The number of piperidine rings is 1. The normalized spacial score (nSPS) is 15.7. The minimum absolute atomic E-state index is 0.499. The third-order valence-corrected chi connectivity index (χ3v) is 4.20. The van der Waals surface area contributed by atoms with Crippen molar-refractivity contribution < 1.29 is 29.3 Å². The minimum Gasteiger partial charge on any atom is -0.488 e.